The van der Waals surface area contributed by atoms with Gasteiger partial charge in [-0.25, -0.2) is 0 Å². The molecule has 2 heterocycles. The van der Waals surface area contributed by atoms with E-state index in [1.165, 1.54) is 23.5 Å². The van der Waals surface area contributed by atoms with Gasteiger partial charge in [-0.05, 0) is 62.6 Å². The zero-order valence-corrected chi connectivity index (χ0v) is 19.4. The molecule has 1 aromatic carbocycles. The highest BCUT2D eigenvalue weighted by molar-refractivity contribution is 6.04. The molecule has 8 heteroatoms. The molecule has 8 nitrogen and oxygen atoms in total. The molecule has 1 aliphatic carbocycles. The van der Waals surface area contributed by atoms with Gasteiger partial charge in [0.05, 0.1) is 19.1 Å². The molecule has 4 rings (SSSR count). The summed E-state index contributed by atoms with van der Waals surface area (Å²) in [6, 6.07) is 11.2. The lowest BCUT2D eigenvalue weighted by Crippen LogP contribution is -2.49. The van der Waals surface area contributed by atoms with Gasteiger partial charge in [-0.1, -0.05) is 30.5 Å². The number of nitrogens with one attached hydrogen (secondary N) is 2. The molecule has 2 N–H and O–H groups in total. The molecule has 0 spiro atoms. The van der Waals surface area contributed by atoms with Crippen LogP contribution in [0.4, 0.5) is 5.69 Å². The molecule has 0 radical (unpaired) electrons. The van der Waals surface area contributed by atoms with E-state index < -0.39 is 17.9 Å². The topological polar surface area (TPSA) is 105 Å². The van der Waals surface area contributed by atoms with Crippen molar-refractivity contribution in [2.45, 2.75) is 51.6 Å². The van der Waals surface area contributed by atoms with E-state index in [0.717, 1.165) is 36.8 Å². The van der Waals surface area contributed by atoms with Crippen molar-refractivity contribution >= 4 is 23.4 Å². The highest BCUT2D eigenvalue weighted by Crippen LogP contribution is 2.32. The Kier molecular flexibility index (Phi) is 7.15. The Labute approximate surface area is 198 Å². The van der Waals surface area contributed by atoms with Crippen LogP contribution in [0, 0.1) is 13.8 Å². The van der Waals surface area contributed by atoms with E-state index in [1.807, 2.05) is 32.0 Å². The molecule has 1 saturated carbocycles. The van der Waals surface area contributed by atoms with Gasteiger partial charge in [0, 0.05) is 11.7 Å². The van der Waals surface area contributed by atoms with Crippen molar-refractivity contribution in [1.29, 1.82) is 0 Å². The number of furan rings is 2. The van der Waals surface area contributed by atoms with Crippen molar-refractivity contribution in [2.75, 3.05) is 11.4 Å². The summed E-state index contributed by atoms with van der Waals surface area (Å²) in [5, 5.41) is 5.69. The molecule has 3 aromatic rings. The summed E-state index contributed by atoms with van der Waals surface area (Å²) in [6.07, 6.45) is 6.82. The third-order valence-corrected chi connectivity index (χ3v) is 6.05. The molecule has 34 heavy (non-hydrogen) atoms. The molecular weight excluding hydrogens is 434 g/mol. The van der Waals surface area contributed by atoms with Crippen molar-refractivity contribution < 1.29 is 23.2 Å². The summed E-state index contributed by atoms with van der Waals surface area (Å²) in [5.74, 6) is -0.820. The Morgan fingerprint density at radius 1 is 1.03 bits per heavy atom. The number of benzene rings is 1. The number of hydrogen-bond acceptors (Lipinski definition) is 5. The van der Waals surface area contributed by atoms with Crippen molar-refractivity contribution in [1.82, 2.24) is 10.6 Å². The summed E-state index contributed by atoms with van der Waals surface area (Å²) in [7, 11) is 0. The molecular formula is C26H29N3O5. The van der Waals surface area contributed by atoms with E-state index in [9.17, 15) is 14.4 Å². The number of aryl methyl sites for hydroxylation is 2. The van der Waals surface area contributed by atoms with Crippen LogP contribution in [0.2, 0.25) is 0 Å². The van der Waals surface area contributed by atoms with Gasteiger partial charge in [0.15, 0.2) is 11.8 Å². The lowest BCUT2D eigenvalue weighted by atomic mass is 10.0. The molecule has 0 bridgehead atoms. The second kappa shape index (κ2) is 10.4. The van der Waals surface area contributed by atoms with Crippen LogP contribution in [0.25, 0.3) is 0 Å². The molecule has 3 amide bonds. The summed E-state index contributed by atoms with van der Waals surface area (Å²) >= 11 is 0. The number of carbonyl (C=O) groups excluding carboxylic acids is 3. The average molecular weight is 464 g/mol. The fourth-order valence-corrected chi connectivity index (χ4v) is 4.40. The summed E-state index contributed by atoms with van der Waals surface area (Å²) in [6.45, 7) is 3.53. The average Bonchev–Trinajstić information content (AvgIpc) is 3.59. The van der Waals surface area contributed by atoms with Gasteiger partial charge in [0.2, 0.25) is 5.91 Å². The Balaban J connectivity index is 1.67. The smallest absolute Gasteiger partial charge is 0.287 e. The molecule has 2 aromatic heterocycles. The maximum atomic E-state index is 13.6. The van der Waals surface area contributed by atoms with Gasteiger partial charge in [-0.15, -0.1) is 0 Å². The van der Waals surface area contributed by atoms with Crippen LogP contribution in [0.15, 0.2) is 63.8 Å². The second-order valence-corrected chi connectivity index (χ2v) is 8.62. The first-order valence-corrected chi connectivity index (χ1v) is 11.5. The third kappa shape index (κ3) is 5.22. The van der Waals surface area contributed by atoms with E-state index in [-0.39, 0.29) is 24.3 Å². The molecule has 1 aliphatic rings. The summed E-state index contributed by atoms with van der Waals surface area (Å²) < 4.78 is 10.7. The molecule has 178 valence electrons. The van der Waals surface area contributed by atoms with E-state index in [0.29, 0.717) is 11.4 Å². The largest absolute Gasteiger partial charge is 0.467 e. The Morgan fingerprint density at radius 3 is 2.41 bits per heavy atom. The number of hydrogen-bond donors (Lipinski definition) is 2. The second-order valence-electron chi connectivity index (χ2n) is 8.62. The predicted molar refractivity (Wildman–Crippen MR) is 126 cm³/mol. The Morgan fingerprint density at radius 2 is 1.76 bits per heavy atom. The number of anilines is 1. The van der Waals surface area contributed by atoms with E-state index >= 15 is 0 Å². The van der Waals surface area contributed by atoms with Crippen LogP contribution in [-0.4, -0.2) is 30.3 Å². The normalized spacial score (nSPS) is 14.5. The molecule has 1 atom stereocenters. The summed E-state index contributed by atoms with van der Waals surface area (Å²) in [4.78, 5) is 40.9. The van der Waals surface area contributed by atoms with Crippen LogP contribution < -0.4 is 15.5 Å². The highest BCUT2D eigenvalue weighted by atomic mass is 16.3. The number of nitrogens with zero attached hydrogens (tertiary/aromatic N) is 1. The fourth-order valence-electron chi connectivity index (χ4n) is 4.40. The first-order valence-electron chi connectivity index (χ1n) is 11.5. The highest BCUT2D eigenvalue weighted by Gasteiger charge is 2.36. The van der Waals surface area contributed by atoms with Gasteiger partial charge in [-0.2, -0.15) is 0 Å². The first-order chi connectivity index (χ1) is 16.4. The molecule has 1 fully saturated rings. The van der Waals surface area contributed by atoms with Crippen LogP contribution in [0.1, 0.15) is 59.2 Å². The quantitative estimate of drug-likeness (QED) is 0.524. The van der Waals surface area contributed by atoms with Crippen LogP contribution >= 0.6 is 0 Å². The predicted octanol–water partition coefficient (Wildman–Crippen LogP) is 4.05. The van der Waals surface area contributed by atoms with Gasteiger partial charge in [0.25, 0.3) is 11.8 Å². The van der Waals surface area contributed by atoms with Gasteiger partial charge in [-0.3, -0.25) is 19.3 Å². The third-order valence-electron chi connectivity index (χ3n) is 6.05. The molecule has 0 saturated heterocycles. The SMILES string of the molecule is Cc1ccc(N(C(=O)CNC(=O)c2ccco2)[C@H](C(=O)NC2CCCC2)c2ccco2)c(C)c1. The minimum absolute atomic E-state index is 0.0692. The van der Waals surface area contributed by atoms with Crippen LogP contribution in [0.5, 0.6) is 0 Å². The lowest BCUT2D eigenvalue weighted by Gasteiger charge is -2.32. The molecule has 0 unspecified atom stereocenters. The van der Waals surface area contributed by atoms with E-state index in [4.69, 9.17) is 8.83 Å². The summed E-state index contributed by atoms with van der Waals surface area (Å²) in [5.41, 5.74) is 2.44. The van der Waals surface area contributed by atoms with Gasteiger partial charge >= 0.3 is 0 Å². The van der Waals surface area contributed by atoms with Crippen molar-refractivity contribution in [3.05, 3.63) is 77.6 Å². The zero-order valence-electron chi connectivity index (χ0n) is 19.4. The van der Waals surface area contributed by atoms with Gasteiger partial charge < -0.3 is 19.5 Å². The number of carbonyl (C=O) groups is 3. The van der Waals surface area contributed by atoms with Crippen LogP contribution in [0.3, 0.4) is 0 Å². The van der Waals surface area contributed by atoms with Crippen molar-refractivity contribution in [3.8, 4) is 0 Å². The van der Waals surface area contributed by atoms with Gasteiger partial charge in [0.1, 0.15) is 5.76 Å². The fraction of sp³-hybridized carbons (Fsp3) is 0.346. The van der Waals surface area contributed by atoms with E-state index in [2.05, 4.69) is 10.6 Å². The standard InChI is InChI=1S/C26H29N3O5/c1-17-11-12-20(18(2)15-17)29(23(30)16-27-25(31)22-10-6-14-34-22)24(21-9-5-13-33-21)26(32)28-19-7-3-4-8-19/h5-6,9-15,19,24H,3-4,7-8,16H2,1-2H3,(H,27,31)(H,28,32)/t24-/m0/s1. The van der Waals surface area contributed by atoms with Crippen molar-refractivity contribution in [3.63, 3.8) is 0 Å². The number of amides is 3. The maximum absolute atomic E-state index is 13.6. The van der Waals surface area contributed by atoms with E-state index in [1.54, 1.807) is 18.2 Å². The number of rotatable bonds is 8. The Hall–Kier alpha value is -3.81. The molecule has 0 aliphatic heterocycles. The Bertz CT molecular complexity index is 1130. The zero-order chi connectivity index (χ0) is 24.1. The monoisotopic (exact) mass is 463 g/mol. The first kappa shape index (κ1) is 23.4. The van der Waals surface area contributed by atoms with Crippen molar-refractivity contribution in [2.24, 2.45) is 0 Å². The van der Waals surface area contributed by atoms with Crippen LogP contribution in [-0.2, 0) is 9.59 Å². The minimum Gasteiger partial charge on any atom is -0.467 e. The maximum Gasteiger partial charge on any atom is 0.287 e. The minimum atomic E-state index is -1.02. The lowest BCUT2D eigenvalue weighted by molar-refractivity contribution is -0.127.